The van der Waals surface area contributed by atoms with Crippen molar-refractivity contribution < 1.29 is 4.79 Å². The van der Waals surface area contributed by atoms with Crippen LogP contribution in [0.25, 0.3) is 32.7 Å². The van der Waals surface area contributed by atoms with Crippen LogP contribution in [0.15, 0.2) is 78.9 Å². The molecule has 0 amide bonds. The van der Waals surface area contributed by atoms with Crippen molar-refractivity contribution in [2.45, 2.75) is 0 Å². The van der Waals surface area contributed by atoms with E-state index in [4.69, 9.17) is 0 Å². The van der Waals surface area contributed by atoms with Gasteiger partial charge in [-0.2, -0.15) is 0 Å². The van der Waals surface area contributed by atoms with E-state index in [2.05, 4.69) is 30.3 Å². The first kappa shape index (κ1) is 12.8. The van der Waals surface area contributed by atoms with Crippen molar-refractivity contribution in [2.75, 3.05) is 0 Å². The molecule has 1 heteroatoms. The van der Waals surface area contributed by atoms with Crippen LogP contribution in [-0.4, -0.2) is 6.29 Å². The Morgan fingerprint density at radius 2 is 1.18 bits per heavy atom. The molecule has 4 aromatic rings. The minimum Gasteiger partial charge on any atom is -0.298 e. The van der Waals surface area contributed by atoms with Crippen molar-refractivity contribution in [1.82, 2.24) is 0 Å². The second kappa shape index (κ2) is 5.12. The van der Waals surface area contributed by atoms with Gasteiger partial charge < -0.3 is 0 Å². The molecule has 0 atom stereocenters. The third kappa shape index (κ3) is 1.91. The Kier molecular flexibility index (Phi) is 2.97. The highest BCUT2D eigenvalue weighted by molar-refractivity contribution is 6.08. The van der Waals surface area contributed by atoms with Gasteiger partial charge in [-0.15, -0.1) is 0 Å². The van der Waals surface area contributed by atoms with Crippen molar-refractivity contribution in [3.63, 3.8) is 0 Å². The summed E-state index contributed by atoms with van der Waals surface area (Å²) in [5, 5.41) is 4.45. The SMILES string of the molecule is O=Cc1c(-c2cccc3ccccc23)ccc2ccccc12. The maximum atomic E-state index is 11.8. The molecule has 0 aliphatic carbocycles. The van der Waals surface area contributed by atoms with Crippen molar-refractivity contribution in [3.8, 4) is 11.1 Å². The van der Waals surface area contributed by atoms with Gasteiger partial charge in [-0.25, -0.2) is 0 Å². The lowest BCUT2D eigenvalue weighted by Gasteiger charge is -2.11. The van der Waals surface area contributed by atoms with E-state index < -0.39 is 0 Å². The fourth-order valence-corrected chi connectivity index (χ4v) is 3.12. The number of hydrogen-bond donors (Lipinski definition) is 0. The van der Waals surface area contributed by atoms with Crippen LogP contribution in [0.2, 0.25) is 0 Å². The van der Waals surface area contributed by atoms with Gasteiger partial charge >= 0.3 is 0 Å². The predicted octanol–water partition coefficient (Wildman–Crippen LogP) is 5.47. The van der Waals surface area contributed by atoms with E-state index in [1.807, 2.05) is 48.5 Å². The molecule has 0 N–H and O–H groups in total. The summed E-state index contributed by atoms with van der Waals surface area (Å²) in [6.45, 7) is 0. The van der Waals surface area contributed by atoms with E-state index in [1.54, 1.807) is 0 Å². The van der Waals surface area contributed by atoms with E-state index >= 15 is 0 Å². The molecule has 104 valence electrons. The van der Waals surface area contributed by atoms with Crippen molar-refractivity contribution in [2.24, 2.45) is 0 Å². The van der Waals surface area contributed by atoms with Gasteiger partial charge in [0, 0.05) is 5.56 Å². The van der Waals surface area contributed by atoms with Crippen molar-refractivity contribution in [1.29, 1.82) is 0 Å². The van der Waals surface area contributed by atoms with Gasteiger partial charge in [0.05, 0.1) is 0 Å². The molecule has 0 spiro atoms. The van der Waals surface area contributed by atoms with Gasteiger partial charge in [0.2, 0.25) is 0 Å². The zero-order valence-electron chi connectivity index (χ0n) is 12.0. The molecule has 0 fully saturated rings. The largest absolute Gasteiger partial charge is 0.298 e. The standard InChI is InChI=1S/C21H14O/c22-14-21-18-10-4-2-7-16(18)12-13-20(21)19-11-5-8-15-6-1-3-9-17(15)19/h1-14H. The van der Waals surface area contributed by atoms with Gasteiger partial charge in [0.25, 0.3) is 0 Å². The Morgan fingerprint density at radius 3 is 1.95 bits per heavy atom. The second-order valence-electron chi connectivity index (χ2n) is 5.39. The molecule has 0 saturated heterocycles. The van der Waals surface area contributed by atoms with E-state index in [-0.39, 0.29) is 0 Å². The molecule has 0 bridgehead atoms. The third-order valence-electron chi connectivity index (χ3n) is 4.17. The summed E-state index contributed by atoms with van der Waals surface area (Å²) in [4.78, 5) is 11.8. The normalized spacial score (nSPS) is 10.9. The zero-order chi connectivity index (χ0) is 14.9. The average molecular weight is 282 g/mol. The number of aldehydes is 1. The molecule has 1 nitrogen and oxygen atoms in total. The molecular weight excluding hydrogens is 268 g/mol. The van der Waals surface area contributed by atoms with Gasteiger partial charge in [-0.1, -0.05) is 78.9 Å². The monoisotopic (exact) mass is 282 g/mol. The molecule has 0 aliphatic rings. The van der Waals surface area contributed by atoms with E-state index in [9.17, 15) is 4.79 Å². The summed E-state index contributed by atoms with van der Waals surface area (Å²) < 4.78 is 0. The average Bonchev–Trinajstić information content (AvgIpc) is 2.60. The summed E-state index contributed by atoms with van der Waals surface area (Å²) >= 11 is 0. The minimum absolute atomic E-state index is 0.759. The Bertz CT molecular complexity index is 993. The van der Waals surface area contributed by atoms with Crippen LogP contribution in [-0.2, 0) is 0 Å². The predicted molar refractivity (Wildman–Crippen MR) is 92.3 cm³/mol. The highest BCUT2D eigenvalue weighted by atomic mass is 16.1. The first-order valence-electron chi connectivity index (χ1n) is 7.33. The quantitative estimate of drug-likeness (QED) is 0.445. The van der Waals surface area contributed by atoms with Crippen LogP contribution in [0.5, 0.6) is 0 Å². The lowest BCUT2D eigenvalue weighted by molar-refractivity contribution is 0.112. The molecule has 0 aromatic heterocycles. The second-order valence-corrected chi connectivity index (χ2v) is 5.39. The van der Waals surface area contributed by atoms with Crippen LogP contribution in [0.4, 0.5) is 0 Å². The fourth-order valence-electron chi connectivity index (χ4n) is 3.12. The summed E-state index contributed by atoms with van der Waals surface area (Å²) in [6.07, 6.45) is 0.972. The number of hydrogen-bond acceptors (Lipinski definition) is 1. The number of carbonyl (C=O) groups excluding carboxylic acids is 1. The molecule has 4 rings (SSSR count). The van der Waals surface area contributed by atoms with E-state index in [1.165, 1.54) is 10.8 Å². The Labute approximate surface area is 128 Å². The number of fused-ring (bicyclic) bond motifs is 2. The van der Waals surface area contributed by atoms with Gasteiger partial charge in [-0.05, 0) is 32.7 Å². The Morgan fingerprint density at radius 1 is 0.545 bits per heavy atom. The van der Waals surface area contributed by atoms with E-state index in [0.717, 1.165) is 33.7 Å². The van der Waals surface area contributed by atoms with Gasteiger partial charge in [-0.3, -0.25) is 4.79 Å². The summed E-state index contributed by atoms with van der Waals surface area (Å²) in [6, 6.07) is 26.6. The number of carbonyl (C=O) groups is 1. The molecule has 0 aliphatic heterocycles. The molecule has 4 aromatic carbocycles. The topological polar surface area (TPSA) is 17.1 Å². The zero-order valence-corrected chi connectivity index (χ0v) is 12.0. The molecule has 22 heavy (non-hydrogen) atoms. The summed E-state index contributed by atoms with van der Waals surface area (Å²) in [5.41, 5.74) is 2.85. The van der Waals surface area contributed by atoms with Crippen LogP contribution < -0.4 is 0 Å². The maximum absolute atomic E-state index is 11.8. The Balaban J connectivity index is 2.11. The van der Waals surface area contributed by atoms with Gasteiger partial charge in [0.15, 0.2) is 6.29 Å². The smallest absolute Gasteiger partial charge is 0.151 e. The molecule has 0 saturated carbocycles. The lowest BCUT2D eigenvalue weighted by atomic mass is 9.92. The van der Waals surface area contributed by atoms with E-state index in [0.29, 0.717) is 0 Å². The summed E-state index contributed by atoms with van der Waals surface area (Å²) in [5.74, 6) is 0. The van der Waals surface area contributed by atoms with Crippen LogP contribution in [0.3, 0.4) is 0 Å². The third-order valence-corrected chi connectivity index (χ3v) is 4.17. The number of benzene rings is 4. The van der Waals surface area contributed by atoms with Crippen LogP contribution in [0.1, 0.15) is 10.4 Å². The first-order chi connectivity index (χ1) is 10.9. The summed E-state index contributed by atoms with van der Waals surface area (Å²) in [7, 11) is 0. The Hall–Kier alpha value is -2.93. The van der Waals surface area contributed by atoms with Gasteiger partial charge in [0.1, 0.15) is 0 Å². The van der Waals surface area contributed by atoms with Crippen molar-refractivity contribution >= 4 is 27.8 Å². The minimum atomic E-state index is 0.759. The van der Waals surface area contributed by atoms with Crippen LogP contribution in [0, 0.1) is 0 Å². The molecular formula is C21H14O. The van der Waals surface area contributed by atoms with Crippen LogP contribution >= 0.6 is 0 Å². The molecule has 0 heterocycles. The highest BCUT2D eigenvalue weighted by Gasteiger charge is 2.11. The lowest BCUT2D eigenvalue weighted by Crippen LogP contribution is -1.91. The maximum Gasteiger partial charge on any atom is 0.151 e. The highest BCUT2D eigenvalue weighted by Crippen LogP contribution is 2.33. The fraction of sp³-hybridized carbons (Fsp3) is 0. The molecule has 0 radical (unpaired) electrons. The number of rotatable bonds is 2. The molecule has 0 unspecified atom stereocenters. The first-order valence-corrected chi connectivity index (χ1v) is 7.33. The van der Waals surface area contributed by atoms with Crippen molar-refractivity contribution in [3.05, 3.63) is 84.4 Å².